The summed E-state index contributed by atoms with van der Waals surface area (Å²) >= 11 is 0. The maximum Gasteiger partial charge on any atom is 0.333 e. The number of hydrogen-bond acceptors (Lipinski definition) is 5. The Labute approximate surface area is 164 Å². The Hall–Kier alpha value is -2.39. The largest absolute Gasteiger partial charge is 0.333 e. The maximum atomic E-state index is 12.5. The van der Waals surface area contributed by atoms with E-state index in [4.69, 9.17) is 0 Å². The average molecular weight is 404 g/mol. The molecule has 2 aliphatic rings. The second-order valence-electron chi connectivity index (χ2n) is 7.31. The number of anilines is 1. The molecular formula is C19H25N5O3S. The molecular weight excluding hydrogens is 378 g/mol. The predicted molar refractivity (Wildman–Crippen MR) is 106 cm³/mol. The van der Waals surface area contributed by atoms with Crippen molar-refractivity contribution in [1.29, 1.82) is 0 Å². The van der Waals surface area contributed by atoms with Crippen LogP contribution in [0, 0.1) is 0 Å². The topological polar surface area (TPSA) is 105 Å². The lowest BCUT2D eigenvalue weighted by Gasteiger charge is -2.16. The molecule has 0 radical (unpaired) electrons. The number of nitrogens with zero attached hydrogens (tertiary/aromatic N) is 2. The van der Waals surface area contributed by atoms with Gasteiger partial charge in [-0.3, -0.25) is 4.68 Å². The molecule has 1 aromatic carbocycles. The van der Waals surface area contributed by atoms with Crippen molar-refractivity contribution in [3.8, 4) is 0 Å². The zero-order chi connectivity index (χ0) is 19.7. The highest BCUT2D eigenvalue weighted by atomic mass is 32.2. The first-order valence-corrected chi connectivity index (χ1v) is 11.1. The van der Waals surface area contributed by atoms with E-state index in [0.717, 1.165) is 55.3 Å². The molecule has 0 saturated heterocycles. The summed E-state index contributed by atoms with van der Waals surface area (Å²) in [5, 5.41) is 9.69. The molecule has 150 valence electrons. The zero-order valence-electron chi connectivity index (χ0n) is 15.9. The molecule has 28 heavy (non-hydrogen) atoms. The van der Waals surface area contributed by atoms with Crippen LogP contribution < -0.4 is 15.4 Å². The van der Waals surface area contributed by atoms with E-state index in [9.17, 15) is 13.2 Å². The molecule has 9 heteroatoms. The van der Waals surface area contributed by atoms with Gasteiger partial charge in [-0.2, -0.15) is 13.5 Å². The van der Waals surface area contributed by atoms with Crippen molar-refractivity contribution in [2.75, 3.05) is 18.9 Å². The highest BCUT2D eigenvalue weighted by Gasteiger charge is 2.27. The van der Waals surface area contributed by atoms with E-state index < -0.39 is 16.1 Å². The number of urea groups is 1. The van der Waals surface area contributed by atoms with Gasteiger partial charge in [-0.15, -0.1) is 0 Å². The molecule has 2 aliphatic carbocycles. The lowest BCUT2D eigenvalue weighted by atomic mass is 9.99. The normalized spacial score (nSPS) is 15.3. The molecule has 0 saturated carbocycles. The first kappa shape index (κ1) is 18.9. The van der Waals surface area contributed by atoms with E-state index in [-0.39, 0.29) is 5.03 Å². The van der Waals surface area contributed by atoms with Gasteiger partial charge in [-0.05, 0) is 73.9 Å². The number of aryl methyl sites for hydroxylation is 2. The van der Waals surface area contributed by atoms with Gasteiger partial charge >= 0.3 is 6.03 Å². The molecule has 2 aromatic rings. The molecule has 0 unspecified atom stereocenters. The van der Waals surface area contributed by atoms with E-state index in [1.54, 1.807) is 6.20 Å². The highest BCUT2D eigenvalue weighted by Crippen LogP contribution is 2.38. The fourth-order valence-corrected chi connectivity index (χ4v) is 4.97. The summed E-state index contributed by atoms with van der Waals surface area (Å²) in [5.74, 6) is 0. The highest BCUT2D eigenvalue weighted by molar-refractivity contribution is 7.90. The fourth-order valence-electron chi connectivity index (χ4n) is 4.12. The number of likely N-dealkylation sites (N-methyl/N-ethyl adjacent to an activating group) is 1. The Morgan fingerprint density at radius 3 is 2.46 bits per heavy atom. The van der Waals surface area contributed by atoms with Crippen molar-refractivity contribution in [1.82, 2.24) is 19.8 Å². The Balaban J connectivity index is 1.51. The third kappa shape index (κ3) is 3.64. The quantitative estimate of drug-likeness (QED) is 0.679. The van der Waals surface area contributed by atoms with Crippen molar-refractivity contribution in [3.05, 3.63) is 40.6 Å². The van der Waals surface area contributed by atoms with Crippen LogP contribution in [0.25, 0.3) is 0 Å². The van der Waals surface area contributed by atoms with Crippen LogP contribution in [-0.2, 0) is 42.3 Å². The maximum absolute atomic E-state index is 12.5. The summed E-state index contributed by atoms with van der Waals surface area (Å²) in [7, 11) is -2.22. The number of hydrogen-bond donors (Lipinski definition) is 3. The Kier molecular flexibility index (Phi) is 5.11. The van der Waals surface area contributed by atoms with Gasteiger partial charge in [0.2, 0.25) is 0 Å². The minimum absolute atomic E-state index is 0.165. The van der Waals surface area contributed by atoms with Crippen LogP contribution in [0.4, 0.5) is 10.5 Å². The number of aromatic nitrogens is 2. The summed E-state index contributed by atoms with van der Waals surface area (Å²) in [6.07, 6.45) is 7.58. The summed E-state index contributed by atoms with van der Waals surface area (Å²) in [6.45, 7) is 1.21. The number of amides is 2. The SMILES string of the molecule is CNCCn1ccc(S(=O)(=O)NC(=O)Nc2c3c(cc4c2CCC4)CCC3)n1. The number of nitrogens with one attached hydrogen (secondary N) is 3. The summed E-state index contributed by atoms with van der Waals surface area (Å²) in [5.41, 5.74) is 5.69. The van der Waals surface area contributed by atoms with E-state index in [2.05, 4.69) is 26.5 Å². The van der Waals surface area contributed by atoms with E-state index >= 15 is 0 Å². The van der Waals surface area contributed by atoms with Gasteiger partial charge in [0.05, 0.1) is 6.54 Å². The molecule has 2 amide bonds. The number of sulfonamides is 1. The summed E-state index contributed by atoms with van der Waals surface area (Å²) < 4.78 is 28.7. The summed E-state index contributed by atoms with van der Waals surface area (Å²) in [4.78, 5) is 12.5. The first-order chi connectivity index (χ1) is 13.5. The summed E-state index contributed by atoms with van der Waals surface area (Å²) in [6, 6.07) is 2.92. The van der Waals surface area contributed by atoms with E-state index in [0.29, 0.717) is 13.1 Å². The van der Waals surface area contributed by atoms with Gasteiger partial charge in [-0.25, -0.2) is 9.52 Å². The van der Waals surface area contributed by atoms with Gasteiger partial charge in [0, 0.05) is 18.4 Å². The number of carbonyl (C=O) groups excluding carboxylic acids is 1. The third-order valence-corrected chi connectivity index (χ3v) is 6.64. The number of carbonyl (C=O) groups is 1. The lowest BCUT2D eigenvalue weighted by Crippen LogP contribution is -2.35. The lowest BCUT2D eigenvalue weighted by molar-refractivity contribution is 0.256. The van der Waals surface area contributed by atoms with Crippen LogP contribution in [0.1, 0.15) is 35.1 Å². The van der Waals surface area contributed by atoms with Crippen LogP contribution in [0.3, 0.4) is 0 Å². The van der Waals surface area contributed by atoms with Crippen LogP contribution in [0.15, 0.2) is 23.4 Å². The van der Waals surface area contributed by atoms with Gasteiger partial charge in [-0.1, -0.05) is 6.07 Å². The smallest absolute Gasteiger partial charge is 0.318 e. The van der Waals surface area contributed by atoms with Gasteiger partial charge in [0.1, 0.15) is 0 Å². The van der Waals surface area contributed by atoms with Crippen LogP contribution >= 0.6 is 0 Å². The molecule has 0 aliphatic heterocycles. The van der Waals surface area contributed by atoms with Crippen molar-refractivity contribution >= 4 is 21.7 Å². The second-order valence-corrected chi connectivity index (χ2v) is 8.94. The minimum atomic E-state index is -4.03. The fraction of sp³-hybridized carbons (Fsp3) is 0.474. The van der Waals surface area contributed by atoms with Crippen LogP contribution in [0.5, 0.6) is 0 Å². The van der Waals surface area contributed by atoms with Crippen molar-refractivity contribution in [3.63, 3.8) is 0 Å². The van der Waals surface area contributed by atoms with Crippen molar-refractivity contribution in [2.45, 2.75) is 50.1 Å². The van der Waals surface area contributed by atoms with Crippen LogP contribution in [-0.4, -0.2) is 37.8 Å². The average Bonchev–Trinajstić information content (AvgIpc) is 3.39. The molecule has 3 N–H and O–H groups in total. The molecule has 0 bridgehead atoms. The Bertz CT molecular complexity index is 981. The number of rotatable bonds is 6. The molecule has 4 rings (SSSR count). The second kappa shape index (κ2) is 7.56. The van der Waals surface area contributed by atoms with E-state index in [1.165, 1.54) is 21.9 Å². The molecule has 1 aromatic heterocycles. The van der Waals surface area contributed by atoms with Gasteiger partial charge < -0.3 is 10.6 Å². The number of fused-ring (bicyclic) bond motifs is 2. The van der Waals surface area contributed by atoms with Crippen LogP contribution in [0.2, 0.25) is 0 Å². The molecule has 0 atom stereocenters. The Morgan fingerprint density at radius 1 is 1.14 bits per heavy atom. The standard InChI is InChI=1S/C19H25N5O3S/c1-20-9-11-24-10-8-17(22-24)28(26,27)23-19(25)21-18-15-6-2-4-13(15)12-14-5-3-7-16(14)18/h8,10,12,20H,2-7,9,11H2,1H3,(H2,21,23,25). The molecule has 1 heterocycles. The zero-order valence-corrected chi connectivity index (χ0v) is 16.7. The minimum Gasteiger partial charge on any atom is -0.318 e. The molecule has 0 spiro atoms. The monoisotopic (exact) mass is 403 g/mol. The van der Waals surface area contributed by atoms with Gasteiger partial charge in [0.15, 0.2) is 5.03 Å². The van der Waals surface area contributed by atoms with Crippen molar-refractivity contribution in [2.24, 2.45) is 0 Å². The molecule has 0 fully saturated rings. The van der Waals surface area contributed by atoms with Gasteiger partial charge in [0.25, 0.3) is 10.0 Å². The number of benzene rings is 1. The first-order valence-electron chi connectivity index (χ1n) is 9.66. The predicted octanol–water partition coefficient (Wildman–Crippen LogP) is 1.59. The van der Waals surface area contributed by atoms with Crippen molar-refractivity contribution < 1.29 is 13.2 Å². The third-order valence-electron chi connectivity index (χ3n) is 5.42. The molecule has 8 nitrogen and oxygen atoms in total. The Morgan fingerprint density at radius 2 is 1.82 bits per heavy atom. The van der Waals surface area contributed by atoms with E-state index in [1.807, 2.05) is 7.05 Å².